The Balaban J connectivity index is 2.77. The third-order valence-corrected chi connectivity index (χ3v) is 2.62. The standard InChI is InChI=1S/C11H12BrN3O4/c1-6(10(16)17)19-9-3-2-7(4-8(9)12)5-14-15-11(13)18/h2-6H,1H3,(H,16,17)(H3,13,15,18). The number of rotatable bonds is 5. The first-order valence-corrected chi connectivity index (χ1v) is 5.97. The Bertz CT molecular complexity index is 519. The summed E-state index contributed by atoms with van der Waals surface area (Å²) in [6.07, 6.45) is 0.437. The predicted octanol–water partition coefficient (Wildman–Crippen LogP) is 1.30. The summed E-state index contributed by atoms with van der Waals surface area (Å²) >= 11 is 3.25. The number of ether oxygens (including phenoxy) is 1. The number of carbonyl (C=O) groups excluding carboxylic acids is 1. The first kappa shape index (κ1) is 15.0. The molecular formula is C11H12BrN3O4. The molecule has 0 fully saturated rings. The van der Waals surface area contributed by atoms with Crippen LogP contribution in [0.15, 0.2) is 27.8 Å². The number of hydrazone groups is 1. The molecule has 1 atom stereocenters. The van der Waals surface area contributed by atoms with Crippen LogP contribution in [-0.2, 0) is 4.79 Å². The Morgan fingerprint density at radius 1 is 1.58 bits per heavy atom. The van der Waals surface area contributed by atoms with Crippen molar-refractivity contribution in [2.45, 2.75) is 13.0 Å². The molecule has 19 heavy (non-hydrogen) atoms. The number of halogens is 1. The fourth-order valence-corrected chi connectivity index (χ4v) is 1.59. The number of carbonyl (C=O) groups is 2. The number of carboxylic acid groups (broad SMARTS) is 1. The van der Waals surface area contributed by atoms with Crippen LogP contribution in [0.25, 0.3) is 0 Å². The second-order valence-corrected chi connectivity index (χ2v) is 4.38. The van der Waals surface area contributed by atoms with Gasteiger partial charge in [-0.2, -0.15) is 5.10 Å². The van der Waals surface area contributed by atoms with Gasteiger partial charge in [-0.05, 0) is 46.6 Å². The number of aliphatic carboxylic acids is 1. The third-order valence-electron chi connectivity index (χ3n) is 2.00. The maximum Gasteiger partial charge on any atom is 0.344 e. The van der Waals surface area contributed by atoms with E-state index in [9.17, 15) is 9.59 Å². The van der Waals surface area contributed by atoms with E-state index in [0.717, 1.165) is 0 Å². The van der Waals surface area contributed by atoms with Crippen molar-refractivity contribution in [2.24, 2.45) is 10.8 Å². The number of nitrogens with zero attached hydrogens (tertiary/aromatic N) is 1. The largest absolute Gasteiger partial charge is 0.479 e. The molecule has 0 spiro atoms. The highest BCUT2D eigenvalue weighted by atomic mass is 79.9. The minimum Gasteiger partial charge on any atom is -0.479 e. The molecule has 7 nitrogen and oxygen atoms in total. The second-order valence-electron chi connectivity index (χ2n) is 3.52. The van der Waals surface area contributed by atoms with E-state index in [-0.39, 0.29) is 0 Å². The molecule has 0 saturated heterocycles. The Kier molecular flexibility index (Phi) is 5.31. The number of primary amides is 1. The molecule has 2 amide bonds. The molecule has 1 rings (SSSR count). The summed E-state index contributed by atoms with van der Waals surface area (Å²) in [6.45, 7) is 1.43. The number of hydrogen-bond donors (Lipinski definition) is 3. The monoisotopic (exact) mass is 329 g/mol. The highest BCUT2D eigenvalue weighted by Crippen LogP contribution is 2.26. The van der Waals surface area contributed by atoms with Crippen LogP contribution in [0.2, 0.25) is 0 Å². The van der Waals surface area contributed by atoms with Crippen LogP contribution < -0.4 is 15.9 Å². The lowest BCUT2D eigenvalue weighted by molar-refractivity contribution is -0.144. The van der Waals surface area contributed by atoms with Crippen molar-refractivity contribution >= 4 is 34.1 Å². The van der Waals surface area contributed by atoms with Crippen molar-refractivity contribution in [3.8, 4) is 5.75 Å². The molecule has 102 valence electrons. The summed E-state index contributed by atoms with van der Waals surface area (Å²) in [4.78, 5) is 21.1. The van der Waals surface area contributed by atoms with E-state index >= 15 is 0 Å². The molecule has 4 N–H and O–H groups in total. The molecule has 0 aromatic heterocycles. The number of carboxylic acids is 1. The molecule has 0 heterocycles. The molecule has 0 bridgehead atoms. The van der Waals surface area contributed by atoms with Gasteiger partial charge in [0.15, 0.2) is 6.10 Å². The zero-order valence-electron chi connectivity index (χ0n) is 9.96. The quantitative estimate of drug-likeness (QED) is 0.558. The van der Waals surface area contributed by atoms with Crippen LogP contribution in [0.1, 0.15) is 12.5 Å². The maximum absolute atomic E-state index is 10.7. The van der Waals surface area contributed by atoms with Gasteiger partial charge in [-0.3, -0.25) is 0 Å². The fourth-order valence-electron chi connectivity index (χ4n) is 1.10. The van der Waals surface area contributed by atoms with Gasteiger partial charge in [0.1, 0.15) is 5.75 Å². The van der Waals surface area contributed by atoms with E-state index in [1.165, 1.54) is 13.1 Å². The molecule has 0 aliphatic carbocycles. The van der Waals surface area contributed by atoms with Crippen molar-refractivity contribution in [3.05, 3.63) is 28.2 Å². The van der Waals surface area contributed by atoms with Gasteiger partial charge in [-0.25, -0.2) is 15.0 Å². The molecule has 0 radical (unpaired) electrons. The molecule has 1 unspecified atom stereocenters. The molecule has 8 heteroatoms. The summed E-state index contributed by atoms with van der Waals surface area (Å²) in [7, 11) is 0. The summed E-state index contributed by atoms with van der Waals surface area (Å²) in [5.74, 6) is -0.655. The Morgan fingerprint density at radius 3 is 2.79 bits per heavy atom. The Labute approximate surface area is 117 Å². The van der Waals surface area contributed by atoms with Gasteiger partial charge in [0.25, 0.3) is 0 Å². The summed E-state index contributed by atoms with van der Waals surface area (Å²) < 4.78 is 5.80. The molecule has 0 aliphatic rings. The SMILES string of the molecule is CC(Oc1ccc(C=NNC(N)=O)cc1Br)C(=O)O. The topological polar surface area (TPSA) is 114 Å². The smallest absolute Gasteiger partial charge is 0.344 e. The average molecular weight is 330 g/mol. The van der Waals surface area contributed by atoms with E-state index < -0.39 is 18.1 Å². The lowest BCUT2D eigenvalue weighted by Crippen LogP contribution is -2.24. The van der Waals surface area contributed by atoms with Crippen LogP contribution in [0.5, 0.6) is 5.75 Å². The van der Waals surface area contributed by atoms with Crippen LogP contribution in [0.3, 0.4) is 0 Å². The lowest BCUT2D eigenvalue weighted by atomic mass is 10.2. The predicted molar refractivity (Wildman–Crippen MR) is 72.2 cm³/mol. The van der Waals surface area contributed by atoms with Crippen LogP contribution in [-0.4, -0.2) is 29.4 Å². The number of hydrogen-bond acceptors (Lipinski definition) is 4. The van der Waals surface area contributed by atoms with Gasteiger partial charge in [0, 0.05) is 0 Å². The molecule has 1 aromatic carbocycles. The van der Waals surface area contributed by atoms with Gasteiger partial charge in [-0.1, -0.05) is 0 Å². The maximum atomic E-state index is 10.7. The molecule has 0 saturated carbocycles. The molecular weight excluding hydrogens is 318 g/mol. The van der Waals surface area contributed by atoms with Crippen molar-refractivity contribution in [1.29, 1.82) is 0 Å². The number of benzene rings is 1. The van der Waals surface area contributed by atoms with E-state index in [1.54, 1.807) is 18.2 Å². The van der Waals surface area contributed by atoms with E-state index in [2.05, 4.69) is 26.5 Å². The van der Waals surface area contributed by atoms with Crippen molar-refractivity contribution < 1.29 is 19.4 Å². The minimum atomic E-state index is -1.05. The fraction of sp³-hybridized carbons (Fsp3) is 0.182. The third kappa shape index (κ3) is 4.96. The Hall–Kier alpha value is -2.09. The first-order valence-electron chi connectivity index (χ1n) is 5.17. The highest BCUT2D eigenvalue weighted by Gasteiger charge is 2.14. The van der Waals surface area contributed by atoms with Gasteiger partial charge < -0.3 is 15.6 Å². The highest BCUT2D eigenvalue weighted by molar-refractivity contribution is 9.10. The van der Waals surface area contributed by atoms with Crippen LogP contribution in [0, 0.1) is 0 Å². The van der Waals surface area contributed by atoms with Crippen molar-refractivity contribution in [2.75, 3.05) is 0 Å². The minimum absolute atomic E-state index is 0.398. The zero-order valence-corrected chi connectivity index (χ0v) is 11.5. The number of nitrogens with one attached hydrogen (secondary N) is 1. The summed E-state index contributed by atoms with van der Waals surface area (Å²) in [5, 5.41) is 12.3. The average Bonchev–Trinajstić information content (AvgIpc) is 2.31. The van der Waals surface area contributed by atoms with Crippen LogP contribution >= 0.6 is 15.9 Å². The van der Waals surface area contributed by atoms with E-state index in [0.29, 0.717) is 15.8 Å². The first-order chi connectivity index (χ1) is 8.90. The number of urea groups is 1. The number of nitrogens with two attached hydrogens (primary N) is 1. The lowest BCUT2D eigenvalue weighted by Gasteiger charge is -2.12. The molecule has 0 aliphatic heterocycles. The zero-order chi connectivity index (χ0) is 14.4. The van der Waals surface area contributed by atoms with E-state index in [4.69, 9.17) is 15.6 Å². The summed E-state index contributed by atoms with van der Waals surface area (Å²) in [5.41, 5.74) is 7.58. The second kappa shape index (κ2) is 6.74. The van der Waals surface area contributed by atoms with E-state index in [1.807, 2.05) is 0 Å². The van der Waals surface area contributed by atoms with Gasteiger partial charge in [-0.15, -0.1) is 0 Å². The van der Waals surface area contributed by atoms with Crippen molar-refractivity contribution in [3.63, 3.8) is 0 Å². The molecule has 1 aromatic rings. The summed E-state index contributed by atoms with van der Waals surface area (Å²) in [6, 6.07) is 4.15. The van der Waals surface area contributed by atoms with Gasteiger partial charge in [0.05, 0.1) is 10.7 Å². The Morgan fingerprint density at radius 2 is 2.26 bits per heavy atom. The van der Waals surface area contributed by atoms with Crippen molar-refractivity contribution in [1.82, 2.24) is 5.43 Å². The van der Waals surface area contributed by atoms with Gasteiger partial charge >= 0.3 is 12.0 Å². The number of amides is 2. The van der Waals surface area contributed by atoms with Gasteiger partial charge in [0.2, 0.25) is 0 Å². The normalized spacial score (nSPS) is 12.1. The van der Waals surface area contributed by atoms with Crippen LogP contribution in [0.4, 0.5) is 4.79 Å².